The lowest BCUT2D eigenvalue weighted by Crippen LogP contribution is -2.35. The molecule has 3 rings (SSSR count). The van der Waals surface area contributed by atoms with Crippen molar-refractivity contribution in [3.8, 4) is 0 Å². The van der Waals surface area contributed by atoms with Crippen LogP contribution in [0.15, 0.2) is 24.3 Å². The van der Waals surface area contributed by atoms with Crippen LogP contribution in [-0.2, 0) is 24.8 Å². The molecule has 0 bridgehead atoms. The van der Waals surface area contributed by atoms with Crippen molar-refractivity contribution in [2.45, 2.75) is 39.7 Å². The van der Waals surface area contributed by atoms with Gasteiger partial charge in [0.2, 0.25) is 5.91 Å². The van der Waals surface area contributed by atoms with Crippen molar-refractivity contribution >= 4 is 17.5 Å². The maximum absolute atomic E-state index is 12.7. The summed E-state index contributed by atoms with van der Waals surface area (Å²) in [5.74, 6) is 0.256. The van der Waals surface area contributed by atoms with E-state index in [0.29, 0.717) is 6.42 Å². The summed E-state index contributed by atoms with van der Waals surface area (Å²) < 4.78 is 1.90. The van der Waals surface area contributed by atoms with Gasteiger partial charge >= 0.3 is 0 Å². The molecule has 0 N–H and O–H groups in total. The Morgan fingerprint density at radius 3 is 2.52 bits per heavy atom. The molecule has 0 aliphatic carbocycles. The van der Waals surface area contributed by atoms with Crippen LogP contribution in [0.1, 0.15) is 35.4 Å². The highest BCUT2D eigenvalue weighted by molar-refractivity contribution is 6.30. The van der Waals surface area contributed by atoms with Crippen LogP contribution >= 0.6 is 11.6 Å². The maximum Gasteiger partial charge on any atom is 0.222 e. The highest BCUT2D eigenvalue weighted by atomic mass is 35.5. The summed E-state index contributed by atoms with van der Waals surface area (Å²) in [6, 6.07) is 8.03. The van der Waals surface area contributed by atoms with E-state index in [2.05, 4.69) is 29.1 Å². The van der Waals surface area contributed by atoms with Crippen molar-refractivity contribution < 1.29 is 4.79 Å². The van der Waals surface area contributed by atoms with Crippen LogP contribution in [0.4, 0.5) is 0 Å². The average Bonchev–Trinajstić information content (AvgIpc) is 2.81. The summed E-state index contributed by atoms with van der Waals surface area (Å²) in [4.78, 5) is 17.2. The number of hydrogen-bond acceptors (Lipinski definition) is 3. The predicted octanol–water partition coefficient (Wildman–Crippen LogP) is 3.36. The molecule has 146 valence electrons. The zero-order valence-electron chi connectivity index (χ0n) is 16.5. The molecule has 1 aromatic heterocycles. The van der Waals surface area contributed by atoms with Crippen LogP contribution < -0.4 is 0 Å². The van der Waals surface area contributed by atoms with Crippen LogP contribution in [0.2, 0.25) is 5.02 Å². The summed E-state index contributed by atoms with van der Waals surface area (Å²) in [5, 5.41) is 5.22. The molecule has 2 heterocycles. The number of amides is 1. The summed E-state index contributed by atoms with van der Waals surface area (Å²) in [6.07, 6.45) is 2.35. The van der Waals surface area contributed by atoms with E-state index in [9.17, 15) is 4.79 Å². The molecular formula is C21H29ClN4O. The maximum atomic E-state index is 12.7. The molecule has 0 atom stereocenters. The lowest BCUT2D eigenvalue weighted by Gasteiger charge is -2.22. The first-order valence-corrected chi connectivity index (χ1v) is 10.1. The number of carbonyl (C=O) groups excluding carboxylic acids is 1. The normalized spacial score (nSPS) is 15.8. The fraction of sp³-hybridized carbons (Fsp3) is 0.524. The Balaban J connectivity index is 1.51. The van der Waals surface area contributed by atoms with Gasteiger partial charge in [-0.25, -0.2) is 0 Å². The second kappa shape index (κ2) is 8.89. The minimum Gasteiger partial charge on any atom is -0.341 e. The highest BCUT2D eigenvalue weighted by Gasteiger charge is 2.20. The summed E-state index contributed by atoms with van der Waals surface area (Å²) in [5.41, 5.74) is 4.67. The Morgan fingerprint density at radius 2 is 1.85 bits per heavy atom. The summed E-state index contributed by atoms with van der Waals surface area (Å²) in [6.45, 7) is 8.59. The van der Waals surface area contributed by atoms with Gasteiger partial charge in [-0.15, -0.1) is 0 Å². The third kappa shape index (κ3) is 5.11. The second-order valence-corrected chi connectivity index (χ2v) is 7.85. The number of halogens is 1. The van der Waals surface area contributed by atoms with Crippen molar-refractivity contribution in [1.29, 1.82) is 0 Å². The molecule has 6 heteroatoms. The zero-order chi connectivity index (χ0) is 19.4. The molecule has 5 nitrogen and oxygen atoms in total. The first kappa shape index (κ1) is 19.9. The molecule has 1 saturated heterocycles. The zero-order valence-corrected chi connectivity index (χ0v) is 17.3. The second-order valence-electron chi connectivity index (χ2n) is 7.41. The standard InChI is InChI=1S/C21H29ClN4O/c1-16-20(17(2)24(3)23-16)9-10-21(27)26-12-4-11-25(13-14-26)15-18-5-7-19(22)8-6-18/h5-8H,4,9-15H2,1-3H3. The number of nitrogens with zero attached hydrogens (tertiary/aromatic N) is 4. The molecule has 0 unspecified atom stereocenters. The van der Waals surface area contributed by atoms with Crippen molar-refractivity contribution in [3.63, 3.8) is 0 Å². The van der Waals surface area contributed by atoms with Crippen LogP contribution in [0.3, 0.4) is 0 Å². The first-order chi connectivity index (χ1) is 12.9. The van der Waals surface area contributed by atoms with E-state index in [1.54, 1.807) is 0 Å². The largest absolute Gasteiger partial charge is 0.341 e. The topological polar surface area (TPSA) is 41.4 Å². The molecule has 0 saturated carbocycles. The van der Waals surface area contributed by atoms with E-state index in [4.69, 9.17) is 11.6 Å². The van der Waals surface area contributed by atoms with Crippen molar-refractivity contribution in [3.05, 3.63) is 51.8 Å². The van der Waals surface area contributed by atoms with Gasteiger partial charge < -0.3 is 4.90 Å². The van der Waals surface area contributed by atoms with E-state index < -0.39 is 0 Å². The Morgan fingerprint density at radius 1 is 1.11 bits per heavy atom. The SMILES string of the molecule is Cc1nn(C)c(C)c1CCC(=O)N1CCCN(Cc2ccc(Cl)cc2)CC1. The number of rotatable bonds is 5. The van der Waals surface area contributed by atoms with Crippen LogP contribution in [0, 0.1) is 13.8 Å². The molecule has 1 aliphatic rings. The Bertz CT molecular complexity index is 784. The van der Waals surface area contributed by atoms with Gasteiger partial charge in [-0.1, -0.05) is 23.7 Å². The Kier molecular flexibility index (Phi) is 6.55. The van der Waals surface area contributed by atoms with E-state index in [1.807, 2.05) is 35.7 Å². The highest BCUT2D eigenvalue weighted by Crippen LogP contribution is 2.16. The van der Waals surface area contributed by atoms with Gasteiger partial charge in [0.1, 0.15) is 0 Å². The summed E-state index contributed by atoms with van der Waals surface area (Å²) in [7, 11) is 1.96. The lowest BCUT2D eigenvalue weighted by molar-refractivity contribution is -0.131. The average molecular weight is 389 g/mol. The first-order valence-electron chi connectivity index (χ1n) is 9.67. The molecule has 1 fully saturated rings. The predicted molar refractivity (Wildman–Crippen MR) is 109 cm³/mol. The van der Waals surface area contributed by atoms with Gasteiger partial charge in [0.05, 0.1) is 5.69 Å². The fourth-order valence-corrected chi connectivity index (χ4v) is 3.92. The number of hydrogen-bond donors (Lipinski definition) is 0. The molecule has 1 aliphatic heterocycles. The van der Waals surface area contributed by atoms with Gasteiger partial charge in [-0.05, 0) is 49.9 Å². The minimum absolute atomic E-state index is 0.256. The van der Waals surface area contributed by atoms with Crippen molar-refractivity contribution in [2.75, 3.05) is 26.2 Å². The van der Waals surface area contributed by atoms with Gasteiger partial charge in [-0.3, -0.25) is 14.4 Å². The fourth-order valence-electron chi connectivity index (χ4n) is 3.80. The van der Waals surface area contributed by atoms with Crippen LogP contribution in [0.25, 0.3) is 0 Å². The van der Waals surface area contributed by atoms with E-state index in [1.165, 1.54) is 11.1 Å². The van der Waals surface area contributed by atoms with Gasteiger partial charge in [0, 0.05) is 56.9 Å². The third-order valence-corrected chi connectivity index (χ3v) is 5.76. The van der Waals surface area contributed by atoms with E-state index in [0.717, 1.165) is 62.0 Å². The van der Waals surface area contributed by atoms with Crippen LogP contribution in [0.5, 0.6) is 0 Å². The molecule has 0 radical (unpaired) electrons. The lowest BCUT2D eigenvalue weighted by atomic mass is 10.1. The van der Waals surface area contributed by atoms with Gasteiger partial charge in [0.25, 0.3) is 0 Å². The number of aryl methyl sites for hydroxylation is 2. The molecule has 2 aromatic rings. The van der Waals surface area contributed by atoms with Crippen molar-refractivity contribution in [1.82, 2.24) is 19.6 Å². The Labute approximate surface area is 166 Å². The number of carbonyl (C=O) groups is 1. The number of aromatic nitrogens is 2. The summed E-state index contributed by atoms with van der Waals surface area (Å²) >= 11 is 5.97. The van der Waals surface area contributed by atoms with E-state index >= 15 is 0 Å². The molecule has 1 amide bonds. The Hall–Kier alpha value is -1.85. The third-order valence-electron chi connectivity index (χ3n) is 5.51. The van der Waals surface area contributed by atoms with E-state index in [-0.39, 0.29) is 5.91 Å². The van der Waals surface area contributed by atoms with Crippen molar-refractivity contribution in [2.24, 2.45) is 7.05 Å². The molecule has 1 aromatic carbocycles. The van der Waals surface area contributed by atoms with Gasteiger partial charge in [-0.2, -0.15) is 5.10 Å². The quantitative estimate of drug-likeness (QED) is 0.788. The monoisotopic (exact) mass is 388 g/mol. The minimum atomic E-state index is 0.256. The van der Waals surface area contributed by atoms with Crippen LogP contribution in [-0.4, -0.2) is 51.7 Å². The smallest absolute Gasteiger partial charge is 0.222 e. The molecule has 27 heavy (non-hydrogen) atoms. The number of benzene rings is 1. The molecule has 0 spiro atoms. The van der Waals surface area contributed by atoms with Gasteiger partial charge in [0.15, 0.2) is 0 Å². The molecular weight excluding hydrogens is 360 g/mol.